The predicted octanol–water partition coefficient (Wildman–Crippen LogP) is 4.40. The van der Waals surface area contributed by atoms with Crippen LogP contribution in [0.25, 0.3) is 0 Å². The fraction of sp³-hybridized carbons (Fsp3) is 0.480. The number of amides is 1. The zero-order chi connectivity index (χ0) is 21.2. The summed E-state index contributed by atoms with van der Waals surface area (Å²) in [4.78, 5) is 17.2. The van der Waals surface area contributed by atoms with E-state index in [-0.39, 0.29) is 17.4 Å². The van der Waals surface area contributed by atoms with Crippen molar-refractivity contribution in [2.24, 2.45) is 0 Å². The second-order valence-electron chi connectivity index (χ2n) is 9.43. The fourth-order valence-corrected chi connectivity index (χ4v) is 4.02. The van der Waals surface area contributed by atoms with Crippen LogP contribution in [0, 0.1) is 0 Å². The molecule has 4 heteroatoms. The van der Waals surface area contributed by atoms with Crippen LogP contribution in [0.4, 0.5) is 5.69 Å². The lowest BCUT2D eigenvalue weighted by atomic mass is 9.86. The van der Waals surface area contributed by atoms with Crippen LogP contribution in [0.3, 0.4) is 0 Å². The van der Waals surface area contributed by atoms with Gasteiger partial charge in [0.1, 0.15) is 0 Å². The maximum Gasteiger partial charge on any atom is 0.251 e. The average Bonchev–Trinajstić information content (AvgIpc) is 2.67. The van der Waals surface area contributed by atoms with Crippen molar-refractivity contribution in [3.05, 3.63) is 64.7 Å². The molecule has 156 valence electrons. The van der Waals surface area contributed by atoms with E-state index in [1.165, 1.54) is 28.8 Å². The van der Waals surface area contributed by atoms with E-state index in [1.807, 2.05) is 12.1 Å². The van der Waals surface area contributed by atoms with Crippen LogP contribution in [0.2, 0.25) is 0 Å². The summed E-state index contributed by atoms with van der Waals surface area (Å²) in [6, 6.07) is 14.9. The van der Waals surface area contributed by atoms with Crippen molar-refractivity contribution in [3.8, 4) is 0 Å². The number of nitrogens with zero attached hydrogens (tertiary/aromatic N) is 2. The Labute approximate surface area is 175 Å². The summed E-state index contributed by atoms with van der Waals surface area (Å²) >= 11 is 0. The summed E-state index contributed by atoms with van der Waals surface area (Å²) in [6.07, 6.45) is 2.32. The summed E-state index contributed by atoms with van der Waals surface area (Å²) in [5, 5.41) is 3.13. The Bertz CT molecular complexity index is 849. The zero-order valence-electron chi connectivity index (χ0n) is 18.7. The Hall–Kier alpha value is -2.33. The number of carbonyl (C=O) groups excluding carboxylic acids is 1. The number of fused-ring (bicyclic) bond motifs is 1. The molecule has 1 aliphatic heterocycles. The highest BCUT2D eigenvalue weighted by Crippen LogP contribution is 2.30. The lowest BCUT2D eigenvalue weighted by Gasteiger charge is -2.30. The van der Waals surface area contributed by atoms with E-state index < -0.39 is 0 Å². The first kappa shape index (κ1) is 21.4. The van der Waals surface area contributed by atoms with Gasteiger partial charge in [0.15, 0.2) is 0 Å². The van der Waals surface area contributed by atoms with Crippen LogP contribution >= 0.6 is 0 Å². The average molecular weight is 394 g/mol. The van der Waals surface area contributed by atoms with Crippen LogP contribution in [-0.2, 0) is 11.8 Å². The number of hydrogen-bond acceptors (Lipinski definition) is 3. The predicted molar refractivity (Wildman–Crippen MR) is 122 cm³/mol. The van der Waals surface area contributed by atoms with Crippen LogP contribution in [0.5, 0.6) is 0 Å². The lowest BCUT2D eigenvalue weighted by molar-refractivity contribution is 0.0942. The molecule has 1 amide bonds. The molecule has 4 nitrogen and oxygen atoms in total. The van der Waals surface area contributed by atoms with Gasteiger partial charge in [0.2, 0.25) is 0 Å². The second-order valence-corrected chi connectivity index (χ2v) is 9.43. The van der Waals surface area contributed by atoms with Crippen molar-refractivity contribution in [2.75, 3.05) is 39.1 Å². The van der Waals surface area contributed by atoms with Gasteiger partial charge in [0.25, 0.3) is 5.91 Å². The molecule has 0 aromatic heterocycles. The standard InChI is InChI=1S/C25H35N3O/c1-25(2,3)21-12-9-18(10-13-21)24(29)26-17-23(27(4)5)20-11-14-22-19(16-20)8-7-15-28(22)6/h9-14,16,23H,7-8,15,17H2,1-6H3,(H,26,29)/t23-/m0/s1. The summed E-state index contributed by atoms with van der Waals surface area (Å²) in [5.74, 6) is -0.0185. The van der Waals surface area contributed by atoms with Gasteiger partial charge in [0.05, 0.1) is 6.04 Å². The summed E-state index contributed by atoms with van der Waals surface area (Å²) in [6.45, 7) is 8.25. The van der Waals surface area contributed by atoms with Gasteiger partial charge in [-0.25, -0.2) is 0 Å². The molecule has 0 aliphatic carbocycles. The van der Waals surface area contributed by atoms with Gasteiger partial charge >= 0.3 is 0 Å². The molecule has 2 aromatic rings. The number of benzene rings is 2. The van der Waals surface area contributed by atoms with Gasteiger partial charge in [-0.15, -0.1) is 0 Å². The Morgan fingerprint density at radius 1 is 1.14 bits per heavy atom. The van der Waals surface area contributed by atoms with Crippen LogP contribution in [0.1, 0.15) is 60.3 Å². The summed E-state index contributed by atoms with van der Waals surface area (Å²) in [7, 11) is 6.30. The normalized spacial score (nSPS) is 15.2. The maximum absolute atomic E-state index is 12.7. The van der Waals surface area contributed by atoms with E-state index in [2.05, 4.69) is 87.4 Å². The highest BCUT2D eigenvalue weighted by Gasteiger charge is 2.20. The molecule has 0 radical (unpaired) electrons. The van der Waals surface area contributed by atoms with Crippen molar-refractivity contribution in [2.45, 2.75) is 45.1 Å². The Kier molecular flexibility index (Phi) is 6.33. The zero-order valence-corrected chi connectivity index (χ0v) is 18.7. The molecule has 3 rings (SSSR count). The van der Waals surface area contributed by atoms with Gasteiger partial charge in [-0.1, -0.05) is 45.0 Å². The van der Waals surface area contributed by atoms with Crippen molar-refractivity contribution in [1.29, 1.82) is 0 Å². The first-order valence-corrected chi connectivity index (χ1v) is 10.6. The third-order valence-corrected chi connectivity index (χ3v) is 5.93. The topological polar surface area (TPSA) is 35.6 Å². The molecular weight excluding hydrogens is 358 g/mol. The second kappa shape index (κ2) is 8.58. The van der Waals surface area contributed by atoms with Crippen molar-refractivity contribution < 1.29 is 4.79 Å². The van der Waals surface area contributed by atoms with Crippen LogP contribution in [-0.4, -0.2) is 45.0 Å². The molecule has 29 heavy (non-hydrogen) atoms. The van der Waals surface area contributed by atoms with Crippen molar-refractivity contribution in [3.63, 3.8) is 0 Å². The van der Waals surface area contributed by atoms with E-state index in [0.717, 1.165) is 13.0 Å². The highest BCUT2D eigenvalue weighted by molar-refractivity contribution is 5.94. The quantitative estimate of drug-likeness (QED) is 0.818. The molecule has 0 bridgehead atoms. The van der Waals surface area contributed by atoms with Crippen molar-refractivity contribution >= 4 is 11.6 Å². The Balaban J connectivity index is 1.71. The largest absolute Gasteiger partial charge is 0.374 e. The first-order chi connectivity index (χ1) is 13.7. The third kappa shape index (κ3) is 4.99. The number of rotatable bonds is 5. The third-order valence-electron chi connectivity index (χ3n) is 5.93. The summed E-state index contributed by atoms with van der Waals surface area (Å²) < 4.78 is 0. The molecule has 1 heterocycles. The SMILES string of the molecule is CN1CCCc2cc([C@H](CNC(=O)c3ccc(C(C)(C)C)cc3)N(C)C)ccc21. The molecule has 0 fully saturated rings. The first-order valence-electron chi connectivity index (χ1n) is 10.6. The lowest BCUT2D eigenvalue weighted by Crippen LogP contribution is -2.35. The summed E-state index contributed by atoms with van der Waals surface area (Å²) in [5.41, 5.74) is 6.04. The molecule has 0 saturated carbocycles. The molecule has 1 aliphatic rings. The van der Waals surface area contributed by atoms with E-state index in [4.69, 9.17) is 0 Å². The number of carbonyl (C=O) groups is 1. The Morgan fingerprint density at radius 3 is 2.45 bits per heavy atom. The highest BCUT2D eigenvalue weighted by atomic mass is 16.1. The van der Waals surface area contributed by atoms with Gasteiger partial charge in [-0.3, -0.25) is 4.79 Å². The molecule has 0 saturated heterocycles. The van der Waals surface area contributed by atoms with Gasteiger partial charge in [0, 0.05) is 31.4 Å². The minimum Gasteiger partial charge on any atom is -0.374 e. The van der Waals surface area contributed by atoms with Crippen LogP contribution in [0.15, 0.2) is 42.5 Å². The molecule has 0 unspecified atom stereocenters. The van der Waals surface area contributed by atoms with Gasteiger partial charge in [-0.05, 0) is 67.2 Å². The van der Waals surface area contributed by atoms with Gasteiger partial charge in [-0.2, -0.15) is 0 Å². The number of nitrogens with one attached hydrogen (secondary N) is 1. The minimum atomic E-state index is -0.0185. The maximum atomic E-state index is 12.7. The molecule has 1 N–H and O–H groups in total. The smallest absolute Gasteiger partial charge is 0.251 e. The number of anilines is 1. The van der Waals surface area contributed by atoms with E-state index in [0.29, 0.717) is 12.1 Å². The molecule has 1 atom stereocenters. The fourth-order valence-electron chi connectivity index (χ4n) is 4.02. The van der Waals surface area contributed by atoms with E-state index >= 15 is 0 Å². The Morgan fingerprint density at radius 2 is 1.83 bits per heavy atom. The van der Waals surface area contributed by atoms with E-state index in [1.54, 1.807) is 0 Å². The number of hydrogen-bond donors (Lipinski definition) is 1. The monoisotopic (exact) mass is 393 g/mol. The van der Waals surface area contributed by atoms with Crippen molar-refractivity contribution in [1.82, 2.24) is 10.2 Å². The molecular formula is C25H35N3O. The van der Waals surface area contributed by atoms with Gasteiger partial charge < -0.3 is 15.1 Å². The molecule has 2 aromatic carbocycles. The number of aryl methyl sites for hydroxylation is 1. The number of likely N-dealkylation sites (N-methyl/N-ethyl adjacent to an activating group) is 1. The van der Waals surface area contributed by atoms with Crippen LogP contribution < -0.4 is 10.2 Å². The molecule has 0 spiro atoms. The minimum absolute atomic E-state index is 0.0185. The van der Waals surface area contributed by atoms with E-state index in [9.17, 15) is 4.79 Å².